The van der Waals surface area contributed by atoms with Gasteiger partial charge < -0.3 is 9.30 Å². The van der Waals surface area contributed by atoms with E-state index in [9.17, 15) is 10.1 Å². The maximum Gasteiger partial charge on any atom is 0.435 e. The van der Waals surface area contributed by atoms with Crippen molar-refractivity contribution in [1.29, 1.82) is 5.26 Å². The topological polar surface area (TPSA) is 80.3 Å². The number of aromatic nitrogens is 2. The molecular formula is C21H18N4O2. The summed E-state index contributed by atoms with van der Waals surface area (Å²) in [5.74, 6) is 0. The Morgan fingerprint density at radius 1 is 1.15 bits per heavy atom. The molecule has 134 valence electrons. The number of hydrogen-bond donors (Lipinski definition) is 0. The fourth-order valence-corrected chi connectivity index (χ4v) is 2.68. The molecule has 3 rings (SSSR count). The van der Waals surface area contributed by atoms with Crippen molar-refractivity contribution in [2.24, 2.45) is 4.99 Å². The van der Waals surface area contributed by atoms with Gasteiger partial charge in [-0.15, -0.1) is 0 Å². The molecule has 0 saturated carbocycles. The van der Waals surface area contributed by atoms with Gasteiger partial charge in [0.05, 0.1) is 12.8 Å². The van der Waals surface area contributed by atoms with E-state index in [1.54, 1.807) is 10.8 Å². The van der Waals surface area contributed by atoms with Crippen LogP contribution in [0.1, 0.15) is 11.3 Å². The van der Waals surface area contributed by atoms with Gasteiger partial charge in [-0.05, 0) is 12.0 Å². The third-order valence-electron chi connectivity index (χ3n) is 4.03. The molecule has 6 heteroatoms. The average molecular weight is 358 g/mol. The first kappa shape index (κ1) is 18.1. The van der Waals surface area contributed by atoms with E-state index in [0.717, 1.165) is 17.5 Å². The van der Waals surface area contributed by atoms with Crippen molar-refractivity contribution in [3.8, 4) is 17.3 Å². The summed E-state index contributed by atoms with van der Waals surface area (Å²) in [6, 6.07) is 21.6. The van der Waals surface area contributed by atoms with Gasteiger partial charge in [0.15, 0.2) is 11.2 Å². The van der Waals surface area contributed by atoms with Crippen molar-refractivity contribution < 1.29 is 9.53 Å². The third kappa shape index (κ3) is 4.47. The van der Waals surface area contributed by atoms with E-state index in [0.29, 0.717) is 12.2 Å². The Labute approximate surface area is 157 Å². The predicted molar refractivity (Wildman–Crippen MR) is 100 cm³/mol. The standard InChI is InChI=1S/C21H18N4O2/c1-27-21(26)24-20-18(14-22)23-19(17-10-6-3-7-11-17)15-25(20)13-12-16-8-4-2-5-9-16/h2-11,15H,12-13H2,1H3. The molecule has 0 spiro atoms. The van der Waals surface area contributed by atoms with Gasteiger partial charge in [-0.1, -0.05) is 60.7 Å². The quantitative estimate of drug-likeness (QED) is 0.716. The Morgan fingerprint density at radius 2 is 1.81 bits per heavy atom. The Bertz CT molecular complexity index is 1040. The van der Waals surface area contributed by atoms with Crippen LogP contribution in [-0.4, -0.2) is 22.8 Å². The summed E-state index contributed by atoms with van der Waals surface area (Å²) in [7, 11) is 1.25. The van der Waals surface area contributed by atoms with Crippen LogP contribution in [0.25, 0.3) is 11.3 Å². The number of nitriles is 1. The molecular weight excluding hydrogens is 340 g/mol. The number of amides is 1. The summed E-state index contributed by atoms with van der Waals surface area (Å²) in [4.78, 5) is 20.0. The van der Waals surface area contributed by atoms with Gasteiger partial charge in [-0.3, -0.25) is 0 Å². The molecule has 0 radical (unpaired) electrons. The molecule has 1 heterocycles. The van der Waals surface area contributed by atoms with Crippen LogP contribution in [0.4, 0.5) is 4.79 Å². The summed E-state index contributed by atoms with van der Waals surface area (Å²) in [5.41, 5.74) is 2.94. The second kappa shape index (κ2) is 8.59. The maximum atomic E-state index is 11.7. The summed E-state index contributed by atoms with van der Waals surface area (Å²) in [6.45, 7) is 0.539. The SMILES string of the molecule is COC(=O)N=c1c(C#N)nc(-c2ccccc2)cn1CCc1ccccc1. The van der Waals surface area contributed by atoms with Gasteiger partial charge in [-0.25, -0.2) is 9.78 Å². The lowest BCUT2D eigenvalue weighted by atomic mass is 10.1. The van der Waals surface area contributed by atoms with Gasteiger partial charge in [0.1, 0.15) is 6.07 Å². The van der Waals surface area contributed by atoms with Gasteiger partial charge in [-0.2, -0.15) is 10.3 Å². The monoisotopic (exact) mass is 358 g/mol. The maximum absolute atomic E-state index is 11.7. The highest BCUT2D eigenvalue weighted by Gasteiger charge is 2.10. The van der Waals surface area contributed by atoms with Crippen molar-refractivity contribution in [2.75, 3.05) is 7.11 Å². The molecule has 1 aromatic heterocycles. The zero-order valence-corrected chi connectivity index (χ0v) is 14.9. The number of carbonyl (C=O) groups excluding carboxylic acids is 1. The lowest BCUT2D eigenvalue weighted by Crippen LogP contribution is -2.28. The van der Waals surface area contributed by atoms with E-state index in [2.05, 4.69) is 14.7 Å². The van der Waals surface area contributed by atoms with Crippen LogP contribution in [0.3, 0.4) is 0 Å². The first-order chi connectivity index (χ1) is 13.2. The highest BCUT2D eigenvalue weighted by atomic mass is 16.5. The van der Waals surface area contributed by atoms with Gasteiger partial charge in [0.2, 0.25) is 0 Å². The molecule has 0 bridgehead atoms. The van der Waals surface area contributed by atoms with E-state index in [1.165, 1.54) is 7.11 Å². The zero-order valence-electron chi connectivity index (χ0n) is 14.9. The minimum atomic E-state index is -0.769. The second-order valence-electron chi connectivity index (χ2n) is 5.79. The average Bonchev–Trinajstić information content (AvgIpc) is 2.74. The van der Waals surface area contributed by atoms with Crippen molar-refractivity contribution in [2.45, 2.75) is 13.0 Å². The highest BCUT2D eigenvalue weighted by Crippen LogP contribution is 2.15. The molecule has 0 aliphatic carbocycles. The van der Waals surface area contributed by atoms with E-state index < -0.39 is 6.09 Å². The molecule has 1 amide bonds. The van der Waals surface area contributed by atoms with Crippen LogP contribution in [0.2, 0.25) is 0 Å². The first-order valence-corrected chi connectivity index (χ1v) is 8.45. The number of hydrogen-bond acceptors (Lipinski definition) is 4. The second-order valence-corrected chi connectivity index (χ2v) is 5.79. The summed E-state index contributed by atoms with van der Waals surface area (Å²) in [6.07, 6.45) is 1.76. The number of rotatable bonds is 4. The Kier molecular flexibility index (Phi) is 5.75. The molecule has 0 fully saturated rings. The van der Waals surface area contributed by atoms with Crippen LogP contribution < -0.4 is 5.49 Å². The van der Waals surface area contributed by atoms with E-state index in [4.69, 9.17) is 0 Å². The van der Waals surface area contributed by atoms with Crippen LogP contribution >= 0.6 is 0 Å². The largest absolute Gasteiger partial charge is 0.451 e. The van der Waals surface area contributed by atoms with Crippen molar-refractivity contribution in [3.05, 3.63) is 83.6 Å². The van der Waals surface area contributed by atoms with Gasteiger partial charge >= 0.3 is 6.09 Å². The number of carbonyl (C=O) groups is 1. The number of methoxy groups -OCH3 is 1. The van der Waals surface area contributed by atoms with Crippen LogP contribution in [0, 0.1) is 11.3 Å². The number of benzene rings is 2. The van der Waals surface area contributed by atoms with E-state index in [-0.39, 0.29) is 11.2 Å². The summed E-state index contributed by atoms with van der Waals surface area (Å²) >= 11 is 0. The molecule has 0 unspecified atom stereocenters. The van der Waals surface area contributed by atoms with Crippen molar-refractivity contribution in [1.82, 2.24) is 9.55 Å². The first-order valence-electron chi connectivity index (χ1n) is 8.45. The number of aryl methyl sites for hydroxylation is 2. The summed E-state index contributed by atoms with van der Waals surface area (Å²) in [5, 5.41) is 9.55. The highest BCUT2D eigenvalue weighted by molar-refractivity contribution is 5.68. The normalized spacial score (nSPS) is 11.0. The molecule has 0 atom stereocenters. The van der Waals surface area contributed by atoms with Crippen molar-refractivity contribution >= 4 is 6.09 Å². The zero-order chi connectivity index (χ0) is 19.1. The minimum absolute atomic E-state index is 0.0785. The van der Waals surface area contributed by atoms with Crippen LogP contribution in [0.5, 0.6) is 0 Å². The van der Waals surface area contributed by atoms with Crippen LogP contribution in [0.15, 0.2) is 71.9 Å². The molecule has 27 heavy (non-hydrogen) atoms. The Morgan fingerprint density at radius 3 is 2.44 bits per heavy atom. The number of ether oxygens (including phenoxy) is 1. The molecule has 6 nitrogen and oxygen atoms in total. The van der Waals surface area contributed by atoms with E-state index >= 15 is 0 Å². The fraction of sp³-hybridized carbons (Fsp3) is 0.143. The lowest BCUT2D eigenvalue weighted by Gasteiger charge is -2.11. The van der Waals surface area contributed by atoms with Crippen LogP contribution in [-0.2, 0) is 17.7 Å². The van der Waals surface area contributed by atoms with Crippen molar-refractivity contribution in [3.63, 3.8) is 0 Å². The molecule has 3 aromatic rings. The van der Waals surface area contributed by atoms with Gasteiger partial charge in [0, 0.05) is 18.3 Å². The Hall–Kier alpha value is -3.72. The molecule has 0 saturated heterocycles. The number of nitrogens with zero attached hydrogens (tertiary/aromatic N) is 4. The molecule has 0 aliphatic rings. The smallest absolute Gasteiger partial charge is 0.435 e. The van der Waals surface area contributed by atoms with E-state index in [1.807, 2.05) is 66.7 Å². The predicted octanol–water partition coefficient (Wildman–Crippen LogP) is 3.33. The Balaban J connectivity index is 2.10. The third-order valence-corrected chi connectivity index (χ3v) is 4.03. The molecule has 0 N–H and O–H groups in total. The fourth-order valence-electron chi connectivity index (χ4n) is 2.68. The molecule has 0 aliphatic heterocycles. The molecule has 2 aromatic carbocycles. The summed E-state index contributed by atoms with van der Waals surface area (Å²) < 4.78 is 6.41. The van der Waals surface area contributed by atoms with Gasteiger partial charge in [0.25, 0.3) is 0 Å². The minimum Gasteiger partial charge on any atom is -0.451 e. The lowest BCUT2D eigenvalue weighted by molar-refractivity contribution is 0.181.